The minimum Gasteiger partial charge on any atom is -0.495 e. The second-order valence-corrected chi connectivity index (χ2v) is 11.6. The molecule has 0 atom stereocenters. The first-order valence-electron chi connectivity index (χ1n) is 13.3. The Kier molecular flexibility index (Phi) is 7.74. The Morgan fingerprint density at radius 2 is 1.90 bits per heavy atom. The van der Waals surface area contributed by atoms with Crippen molar-refractivity contribution in [3.05, 3.63) is 75.2 Å². The van der Waals surface area contributed by atoms with E-state index in [1.807, 2.05) is 12.1 Å². The SMILES string of the molecule is COc1ccc(N2C(=O)N(c3c(CF)csc3Cl)Cc3cnc(Nc4ccc(C5CCN(C)CC5)cc4)nc32)nc1. The molecule has 2 aliphatic heterocycles. The molecular weight excluding hydrogens is 565 g/mol. The smallest absolute Gasteiger partial charge is 0.336 e. The van der Waals surface area contributed by atoms with E-state index in [4.69, 9.17) is 21.3 Å². The number of hydrogen-bond donors (Lipinski definition) is 1. The molecule has 0 spiro atoms. The van der Waals surface area contributed by atoms with Gasteiger partial charge in [0.05, 0.1) is 25.5 Å². The quantitative estimate of drug-likeness (QED) is 0.249. The predicted octanol–water partition coefficient (Wildman–Crippen LogP) is 6.90. The highest BCUT2D eigenvalue weighted by Crippen LogP contribution is 2.42. The van der Waals surface area contributed by atoms with Crippen LogP contribution in [0.5, 0.6) is 5.75 Å². The second-order valence-electron chi connectivity index (χ2n) is 10.1. The van der Waals surface area contributed by atoms with Gasteiger partial charge in [0.25, 0.3) is 0 Å². The number of likely N-dealkylation sites (tertiary alicyclic amines) is 1. The fourth-order valence-corrected chi connectivity index (χ4v) is 6.39. The summed E-state index contributed by atoms with van der Waals surface area (Å²) in [7, 11) is 3.71. The number of thiophene rings is 1. The van der Waals surface area contributed by atoms with Crippen molar-refractivity contribution in [1.82, 2.24) is 19.9 Å². The van der Waals surface area contributed by atoms with Crippen LogP contribution < -0.4 is 19.9 Å². The van der Waals surface area contributed by atoms with E-state index < -0.39 is 12.7 Å². The number of aromatic nitrogens is 3. The summed E-state index contributed by atoms with van der Waals surface area (Å²) in [5.74, 6) is 2.17. The number of anilines is 5. The standard InChI is InChI=1S/C29H29ClFN7O2S/c1-36-11-9-19(10-12-36)18-3-5-22(6-4-18)34-28-33-14-21-16-37(25-20(13-31)17-41-26(25)30)29(39)38(27(21)35-28)24-8-7-23(40-2)15-32-24/h3-8,14-15,17,19H,9-13,16H2,1-2H3,(H,33,34,35). The third kappa shape index (κ3) is 5.44. The van der Waals surface area contributed by atoms with Gasteiger partial charge in [-0.25, -0.2) is 24.1 Å². The number of piperidine rings is 1. The third-order valence-corrected chi connectivity index (χ3v) is 8.80. The van der Waals surface area contributed by atoms with Crippen molar-refractivity contribution >= 4 is 57.9 Å². The van der Waals surface area contributed by atoms with E-state index in [2.05, 4.69) is 39.4 Å². The van der Waals surface area contributed by atoms with E-state index in [1.165, 1.54) is 32.9 Å². The Labute approximate surface area is 246 Å². The summed E-state index contributed by atoms with van der Waals surface area (Å²) < 4.78 is 19.4. The van der Waals surface area contributed by atoms with Gasteiger partial charge in [-0.1, -0.05) is 23.7 Å². The zero-order valence-electron chi connectivity index (χ0n) is 22.7. The summed E-state index contributed by atoms with van der Waals surface area (Å²) in [4.78, 5) is 32.9. The van der Waals surface area contributed by atoms with Gasteiger partial charge in [0.15, 0.2) is 5.82 Å². The number of fused-ring (bicyclic) bond motifs is 1. The number of alkyl halides is 1. The molecule has 12 heteroatoms. The molecule has 1 aromatic carbocycles. The van der Waals surface area contributed by atoms with Gasteiger partial charge in [-0.05, 0) is 68.7 Å². The Hall–Kier alpha value is -3.80. The predicted molar refractivity (Wildman–Crippen MR) is 160 cm³/mol. The molecule has 0 unspecified atom stereocenters. The number of carbonyl (C=O) groups is 1. The van der Waals surface area contributed by atoms with Crippen molar-refractivity contribution in [1.29, 1.82) is 0 Å². The van der Waals surface area contributed by atoms with Crippen LogP contribution in [0.2, 0.25) is 4.34 Å². The Morgan fingerprint density at radius 1 is 1.12 bits per heavy atom. The Balaban J connectivity index is 1.32. The molecule has 2 amide bonds. The number of rotatable bonds is 7. The van der Waals surface area contributed by atoms with Crippen LogP contribution in [0, 0.1) is 0 Å². The van der Waals surface area contributed by atoms with Gasteiger partial charge in [0.2, 0.25) is 5.95 Å². The van der Waals surface area contributed by atoms with Crippen molar-refractivity contribution in [3.63, 3.8) is 0 Å². The molecule has 4 aromatic rings. The van der Waals surface area contributed by atoms with Crippen LogP contribution in [-0.4, -0.2) is 53.1 Å². The van der Waals surface area contributed by atoms with Gasteiger partial charge in [-0.3, -0.25) is 4.90 Å². The van der Waals surface area contributed by atoms with Gasteiger partial charge < -0.3 is 15.0 Å². The Bertz CT molecular complexity index is 1540. The Morgan fingerprint density at radius 3 is 2.59 bits per heavy atom. The molecule has 212 valence electrons. The lowest BCUT2D eigenvalue weighted by Crippen LogP contribution is -2.46. The first-order chi connectivity index (χ1) is 19.9. The van der Waals surface area contributed by atoms with Gasteiger partial charge in [0, 0.05) is 28.4 Å². The highest BCUT2D eigenvalue weighted by Gasteiger charge is 2.37. The van der Waals surface area contributed by atoms with E-state index in [9.17, 15) is 9.18 Å². The first kappa shape index (κ1) is 27.4. The third-order valence-electron chi connectivity index (χ3n) is 7.56. The number of methoxy groups -OCH3 is 1. The summed E-state index contributed by atoms with van der Waals surface area (Å²) in [6.45, 7) is 1.61. The molecule has 0 saturated carbocycles. The van der Waals surface area contributed by atoms with Gasteiger partial charge in [0.1, 0.15) is 22.6 Å². The van der Waals surface area contributed by atoms with Gasteiger partial charge in [-0.15, -0.1) is 11.3 Å². The molecule has 1 fully saturated rings. The minimum atomic E-state index is -0.744. The van der Waals surface area contributed by atoms with Crippen molar-refractivity contribution in [2.24, 2.45) is 0 Å². The fraction of sp³-hybridized carbons (Fsp3) is 0.310. The number of nitrogens with zero attached hydrogens (tertiary/aromatic N) is 6. The fourth-order valence-electron chi connectivity index (χ4n) is 5.26. The molecule has 1 saturated heterocycles. The number of ether oxygens (including phenoxy) is 1. The van der Waals surface area contributed by atoms with Crippen LogP contribution in [0.15, 0.2) is 54.2 Å². The zero-order valence-corrected chi connectivity index (χ0v) is 24.3. The number of carbonyl (C=O) groups excluding carboxylic acids is 1. The topological polar surface area (TPSA) is 86.7 Å². The molecule has 0 bridgehead atoms. The first-order valence-corrected chi connectivity index (χ1v) is 14.6. The molecule has 5 heterocycles. The summed E-state index contributed by atoms with van der Waals surface area (Å²) in [6.07, 6.45) is 5.50. The van der Waals surface area contributed by atoms with Crippen LogP contribution in [0.25, 0.3) is 0 Å². The molecule has 9 nitrogen and oxygen atoms in total. The molecule has 2 aliphatic rings. The van der Waals surface area contributed by atoms with Gasteiger partial charge >= 0.3 is 6.03 Å². The van der Waals surface area contributed by atoms with Crippen molar-refractivity contribution in [3.8, 4) is 5.75 Å². The number of benzene rings is 1. The van der Waals surface area contributed by atoms with E-state index in [0.717, 1.165) is 31.6 Å². The highest BCUT2D eigenvalue weighted by molar-refractivity contribution is 7.15. The number of nitrogens with one attached hydrogen (secondary N) is 1. The molecule has 6 rings (SSSR count). The zero-order chi connectivity index (χ0) is 28.5. The van der Waals surface area contributed by atoms with Crippen LogP contribution in [0.3, 0.4) is 0 Å². The number of pyridine rings is 1. The highest BCUT2D eigenvalue weighted by atomic mass is 35.5. The van der Waals surface area contributed by atoms with E-state index in [-0.39, 0.29) is 6.54 Å². The lowest BCUT2D eigenvalue weighted by Gasteiger charge is -2.35. The summed E-state index contributed by atoms with van der Waals surface area (Å²) >= 11 is 7.61. The minimum absolute atomic E-state index is 0.135. The lowest BCUT2D eigenvalue weighted by atomic mass is 9.89. The van der Waals surface area contributed by atoms with Crippen LogP contribution >= 0.6 is 22.9 Å². The van der Waals surface area contributed by atoms with Crippen LogP contribution in [0.1, 0.15) is 35.4 Å². The maximum absolute atomic E-state index is 14.0. The van der Waals surface area contributed by atoms with E-state index in [1.54, 1.807) is 30.8 Å². The average molecular weight is 594 g/mol. The average Bonchev–Trinajstić information content (AvgIpc) is 3.38. The number of amides is 2. The molecule has 0 radical (unpaired) electrons. The largest absolute Gasteiger partial charge is 0.495 e. The molecule has 1 N–H and O–H groups in total. The van der Waals surface area contributed by atoms with E-state index in [0.29, 0.717) is 50.4 Å². The monoisotopic (exact) mass is 593 g/mol. The maximum Gasteiger partial charge on any atom is 0.336 e. The molecule has 41 heavy (non-hydrogen) atoms. The van der Waals surface area contributed by atoms with E-state index >= 15 is 0 Å². The van der Waals surface area contributed by atoms with Crippen molar-refractivity contribution < 1.29 is 13.9 Å². The van der Waals surface area contributed by atoms with Crippen LogP contribution in [-0.2, 0) is 13.2 Å². The number of urea groups is 1. The molecule has 3 aromatic heterocycles. The summed E-state index contributed by atoms with van der Waals surface area (Å²) in [5.41, 5.74) is 3.54. The normalized spacial score (nSPS) is 16.1. The lowest BCUT2D eigenvalue weighted by molar-refractivity contribution is 0.252. The second kappa shape index (κ2) is 11.6. The summed E-state index contributed by atoms with van der Waals surface area (Å²) in [6, 6.07) is 11.3. The van der Waals surface area contributed by atoms with Crippen LogP contribution in [0.4, 0.5) is 38.1 Å². The summed E-state index contributed by atoms with van der Waals surface area (Å²) in [5, 5.41) is 4.89. The van der Waals surface area contributed by atoms with Crippen molar-refractivity contribution in [2.45, 2.75) is 32.0 Å². The maximum atomic E-state index is 14.0. The molecular formula is C29H29ClFN7O2S. The number of halogens is 2. The number of hydrogen-bond acceptors (Lipinski definition) is 8. The van der Waals surface area contributed by atoms with Gasteiger partial charge in [-0.2, -0.15) is 4.98 Å². The molecule has 0 aliphatic carbocycles. The van der Waals surface area contributed by atoms with Crippen molar-refractivity contribution in [2.75, 3.05) is 42.4 Å².